The van der Waals surface area contributed by atoms with Crippen molar-refractivity contribution < 1.29 is 14.6 Å². The molecule has 0 fully saturated rings. The summed E-state index contributed by atoms with van der Waals surface area (Å²) in [7, 11) is 0. The van der Waals surface area contributed by atoms with Gasteiger partial charge in [0.05, 0.1) is 11.4 Å². The van der Waals surface area contributed by atoms with E-state index in [0.717, 1.165) is 22.3 Å². The molecular weight excluding hydrogens is 341 g/mol. The summed E-state index contributed by atoms with van der Waals surface area (Å²) < 4.78 is 13.7. The number of halogens is 1. The maximum atomic E-state index is 13.7. The fraction of sp³-hybridized carbons (Fsp3) is 0. The fourth-order valence-corrected chi connectivity index (χ4v) is 2.99. The first-order valence-corrected chi connectivity index (χ1v) is 8.45. The standard InChI is InChI=1S/C23H16FNO2/c24-19-7-1-4-15(10-19)18-13-22(16-5-2-8-20(26)11-16)25-23(14-18)17-6-3-9-21(27)12-17/h1-14,26-27H. The second-order valence-electron chi connectivity index (χ2n) is 6.24. The summed E-state index contributed by atoms with van der Waals surface area (Å²) in [5, 5.41) is 19.6. The van der Waals surface area contributed by atoms with E-state index < -0.39 is 0 Å². The molecular formula is C23H16FNO2. The van der Waals surface area contributed by atoms with Gasteiger partial charge in [0, 0.05) is 11.1 Å². The van der Waals surface area contributed by atoms with Crippen LogP contribution in [0.4, 0.5) is 4.39 Å². The smallest absolute Gasteiger partial charge is 0.123 e. The van der Waals surface area contributed by atoms with Crippen molar-refractivity contribution in [1.29, 1.82) is 0 Å². The van der Waals surface area contributed by atoms with Gasteiger partial charge in [0.25, 0.3) is 0 Å². The monoisotopic (exact) mass is 357 g/mol. The van der Waals surface area contributed by atoms with Crippen LogP contribution in [0.25, 0.3) is 33.6 Å². The number of phenolic OH excluding ortho intramolecular Hbond substituents is 2. The lowest BCUT2D eigenvalue weighted by Crippen LogP contribution is -1.91. The third-order valence-electron chi connectivity index (χ3n) is 4.27. The van der Waals surface area contributed by atoms with Gasteiger partial charge in [0.15, 0.2) is 0 Å². The molecule has 4 rings (SSSR count). The van der Waals surface area contributed by atoms with Gasteiger partial charge < -0.3 is 10.2 Å². The molecule has 27 heavy (non-hydrogen) atoms. The van der Waals surface area contributed by atoms with Gasteiger partial charge in [-0.25, -0.2) is 9.37 Å². The molecule has 0 spiro atoms. The van der Waals surface area contributed by atoms with E-state index in [1.54, 1.807) is 42.5 Å². The Morgan fingerprint density at radius 2 is 1.07 bits per heavy atom. The Bertz CT molecular complexity index is 971. The van der Waals surface area contributed by atoms with Crippen LogP contribution in [-0.2, 0) is 0 Å². The fourth-order valence-electron chi connectivity index (χ4n) is 2.99. The van der Waals surface area contributed by atoms with Crippen molar-refractivity contribution in [3.05, 3.63) is 90.7 Å². The summed E-state index contributed by atoms with van der Waals surface area (Å²) in [5.74, 6) is -0.0316. The number of aromatic nitrogens is 1. The van der Waals surface area contributed by atoms with Gasteiger partial charge in [-0.15, -0.1) is 0 Å². The van der Waals surface area contributed by atoms with Gasteiger partial charge in [-0.2, -0.15) is 0 Å². The molecule has 4 aromatic rings. The molecule has 0 aliphatic rings. The predicted molar refractivity (Wildman–Crippen MR) is 104 cm³/mol. The Morgan fingerprint density at radius 3 is 1.59 bits per heavy atom. The molecule has 3 nitrogen and oxygen atoms in total. The Labute approximate surface area is 156 Å². The van der Waals surface area contributed by atoms with Crippen molar-refractivity contribution in [2.45, 2.75) is 0 Å². The number of rotatable bonds is 3. The molecule has 0 bridgehead atoms. The highest BCUT2D eigenvalue weighted by atomic mass is 19.1. The maximum absolute atomic E-state index is 13.7. The third-order valence-corrected chi connectivity index (χ3v) is 4.27. The number of pyridine rings is 1. The molecule has 3 aromatic carbocycles. The first kappa shape index (κ1) is 16.8. The largest absolute Gasteiger partial charge is 0.508 e. The number of hydrogen-bond acceptors (Lipinski definition) is 3. The van der Waals surface area contributed by atoms with Crippen LogP contribution >= 0.6 is 0 Å². The van der Waals surface area contributed by atoms with E-state index >= 15 is 0 Å². The van der Waals surface area contributed by atoms with Gasteiger partial charge in [-0.1, -0.05) is 36.4 Å². The number of phenols is 2. The van der Waals surface area contributed by atoms with Crippen molar-refractivity contribution >= 4 is 0 Å². The lowest BCUT2D eigenvalue weighted by Gasteiger charge is -2.11. The summed E-state index contributed by atoms with van der Waals surface area (Å²) in [6.45, 7) is 0. The van der Waals surface area contributed by atoms with Gasteiger partial charge >= 0.3 is 0 Å². The van der Waals surface area contributed by atoms with E-state index in [1.807, 2.05) is 30.3 Å². The van der Waals surface area contributed by atoms with Gasteiger partial charge in [0.2, 0.25) is 0 Å². The van der Waals surface area contributed by atoms with E-state index in [4.69, 9.17) is 0 Å². The minimum Gasteiger partial charge on any atom is -0.508 e. The van der Waals surface area contributed by atoms with Crippen molar-refractivity contribution in [1.82, 2.24) is 4.98 Å². The number of aromatic hydroxyl groups is 2. The van der Waals surface area contributed by atoms with Gasteiger partial charge in [0.1, 0.15) is 17.3 Å². The second-order valence-corrected chi connectivity index (χ2v) is 6.24. The Balaban J connectivity index is 1.94. The van der Waals surface area contributed by atoms with Crippen LogP contribution in [0, 0.1) is 5.82 Å². The average Bonchev–Trinajstić information content (AvgIpc) is 2.68. The van der Waals surface area contributed by atoms with Gasteiger partial charge in [-0.05, 0) is 59.7 Å². The molecule has 0 atom stereocenters. The highest BCUT2D eigenvalue weighted by Crippen LogP contribution is 2.32. The number of nitrogens with zero attached hydrogens (tertiary/aromatic N) is 1. The van der Waals surface area contributed by atoms with Crippen LogP contribution in [0.3, 0.4) is 0 Å². The molecule has 132 valence electrons. The molecule has 0 aliphatic carbocycles. The summed E-state index contributed by atoms with van der Waals surface area (Å²) in [6, 6.07) is 23.7. The zero-order valence-corrected chi connectivity index (χ0v) is 14.3. The van der Waals surface area contributed by atoms with Crippen LogP contribution in [0.2, 0.25) is 0 Å². The van der Waals surface area contributed by atoms with Crippen LogP contribution in [0.5, 0.6) is 11.5 Å². The zero-order valence-electron chi connectivity index (χ0n) is 14.3. The minimum absolute atomic E-state index is 0.143. The molecule has 0 radical (unpaired) electrons. The molecule has 4 heteroatoms. The van der Waals surface area contributed by atoms with Gasteiger partial charge in [-0.3, -0.25) is 0 Å². The highest BCUT2D eigenvalue weighted by Gasteiger charge is 2.10. The van der Waals surface area contributed by atoms with Crippen molar-refractivity contribution in [3.63, 3.8) is 0 Å². The quantitative estimate of drug-likeness (QED) is 0.499. The van der Waals surface area contributed by atoms with Crippen LogP contribution in [-0.4, -0.2) is 15.2 Å². The van der Waals surface area contributed by atoms with Crippen molar-refractivity contribution in [3.8, 4) is 45.1 Å². The molecule has 0 amide bonds. The van der Waals surface area contributed by atoms with Crippen molar-refractivity contribution in [2.24, 2.45) is 0 Å². The lowest BCUT2D eigenvalue weighted by atomic mass is 10.00. The average molecular weight is 357 g/mol. The maximum Gasteiger partial charge on any atom is 0.123 e. The van der Waals surface area contributed by atoms with Crippen LogP contribution < -0.4 is 0 Å². The molecule has 1 heterocycles. The van der Waals surface area contributed by atoms with Crippen LogP contribution in [0.1, 0.15) is 0 Å². The highest BCUT2D eigenvalue weighted by molar-refractivity contribution is 5.77. The third kappa shape index (κ3) is 3.65. The first-order valence-electron chi connectivity index (χ1n) is 8.45. The molecule has 1 aromatic heterocycles. The summed E-state index contributed by atoms with van der Waals surface area (Å²) in [5.41, 5.74) is 4.29. The minimum atomic E-state index is -0.317. The normalized spacial score (nSPS) is 10.7. The number of hydrogen-bond donors (Lipinski definition) is 2. The Morgan fingerprint density at radius 1 is 0.556 bits per heavy atom. The topological polar surface area (TPSA) is 53.4 Å². The summed E-state index contributed by atoms with van der Waals surface area (Å²) in [6.07, 6.45) is 0. The van der Waals surface area contributed by atoms with E-state index in [2.05, 4.69) is 4.98 Å². The Kier molecular flexibility index (Phi) is 4.30. The van der Waals surface area contributed by atoms with Crippen molar-refractivity contribution in [2.75, 3.05) is 0 Å². The molecule has 0 unspecified atom stereocenters. The summed E-state index contributed by atoms with van der Waals surface area (Å²) in [4.78, 5) is 4.69. The van der Waals surface area contributed by atoms with E-state index in [-0.39, 0.29) is 17.3 Å². The van der Waals surface area contributed by atoms with E-state index in [0.29, 0.717) is 11.4 Å². The molecule has 2 N–H and O–H groups in total. The number of benzene rings is 3. The molecule has 0 saturated carbocycles. The van der Waals surface area contributed by atoms with Crippen LogP contribution in [0.15, 0.2) is 84.9 Å². The lowest BCUT2D eigenvalue weighted by molar-refractivity contribution is 0.475. The summed E-state index contributed by atoms with van der Waals surface area (Å²) >= 11 is 0. The molecule has 0 saturated heterocycles. The second kappa shape index (κ2) is 6.92. The van der Waals surface area contributed by atoms with E-state index in [1.165, 1.54) is 12.1 Å². The van der Waals surface area contributed by atoms with E-state index in [9.17, 15) is 14.6 Å². The molecule has 0 aliphatic heterocycles. The predicted octanol–water partition coefficient (Wildman–Crippen LogP) is 5.63. The zero-order chi connectivity index (χ0) is 18.8. The SMILES string of the molecule is Oc1cccc(-c2cc(-c3cccc(F)c3)cc(-c3cccc(O)c3)n2)c1. The Hall–Kier alpha value is -3.66. The first-order chi connectivity index (χ1) is 13.1.